The minimum Gasteiger partial charge on any atom is -0.481 e. The fraction of sp³-hybridized carbons (Fsp3) is 0.522. The number of nitrogens with zero attached hydrogens (tertiary/aromatic N) is 4. The van der Waals surface area contributed by atoms with E-state index >= 15 is 0 Å². The molecule has 2 fully saturated rings. The highest BCUT2D eigenvalue weighted by Gasteiger charge is 2.44. The van der Waals surface area contributed by atoms with Crippen molar-refractivity contribution in [2.75, 3.05) is 13.1 Å². The number of rotatable bonds is 8. The minimum atomic E-state index is -4.89. The lowest BCUT2D eigenvalue weighted by atomic mass is 9.86. The van der Waals surface area contributed by atoms with Crippen LogP contribution in [0.3, 0.4) is 0 Å². The number of hydrogen-bond donors (Lipinski definition) is 1. The smallest absolute Gasteiger partial charge is 0.433 e. The molecule has 2 aliphatic rings. The van der Waals surface area contributed by atoms with Crippen LogP contribution in [0.1, 0.15) is 71.0 Å². The first-order valence-electron chi connectivity index (χ1n) is 11.5. The van der Waals surface area contributed by atoms with Crippen LogP contribution in [-0.4, -0.2) is 55.5 Å². The van der Waals surface area contributed by atoms with Crippen LogP contribution >= 0.6 is 23.2 Å². The first-order valence-corrected chi connectivity index (χ1v) is 12.2. The highest BCUT2D eigenvalue weighted by atomic mass is 35.5. The maximum Gasteiger partial charge on any atom is 0.433 e. The van der Waals surface area contributed by atoms with Crippen molar-refractivity contribution in [2.24, 2.45) is 11.8 Å². The molecule has 1 N–H and O–H groups in total. The average Bonchev–Trinajstić information content (AvgIpc) is 3.50. The second kappa shape index (κ2) is 10.4. The molecule has 2 aliphatic carbocycles. The molecule has 13 heteroatoms. The van der Waals surface area contributed by atoms with Gasteiger partial charge in [-0.05, 0) is 44.4 Å². The number of ketones is 1. The Morgan fingerprint density at radius 3 is 2.17 bits per heavy atom. The molecule has 0 atom stereocenters. The summed E-state index contributed by atoms with van der Waals surface area (Å²) in [6, 6.07) is -0.688. The molecule has 8 nitrogen and oxygen atoms in total. The van der Waals surface area contributed by atoms with E-state index in [9.17, 15) is 32.7 Å². The van der Waals surface area contributed by atoms with Gasteiger partial charge >= 0.3 is 12.1 Å². The third kappa shape index (κ3) is 5.67. The summed E-state index contributed by atoms with van der Waals surface area (Å²) in [5, 5.41) is 13.0. The van der Waals surface area contributed by atoms with E-state index in [0.29, 0.717) is 0 Å². The number of carboxylic acids is 1. The summed E-state index contributed by atoms with van der Waals surface area (Å²) in [5.74, 6) is -3.08. The lowest BCUT2D eigenvalue weighted by Gasteiger charge is -2.28. The van der Waals surface area contributed by atoms with Gasteiger partial charge < -0.3 is 10.0 Å². The number of carboxylic acid groups (broad SMARTS) is 1. The fourth-order valence-electron chi connectivity index (χ4n) is 4.58. The largest absolute Gasteiger partial charge is 0.481 e. The van der Waals surface area contributed by atoms with E-state index in [1.807, 2.05) is 0 Å². The predicted octanol–water partition coefficient (Wildman–Crippen LogP) is 5.15. The highest BCUT2D eigenvalue weighted by molar-refractivity contribution is 6.39. The molecule has 36 heavy (non-hydrogen) atoms. The van der Waals surface area contributed by atoms with Gasteiger partial charge in [0.2, 0.25) is 0 Å². The molecule has 0 radical (unpaired) electrons. The zero-order valence-electron chi connectivity index (χ0n) is 19.0. The number of carbonyl (C=O) groups is 3. The van der Waals surface area contributed by atoms with E-state index < -0.39 is 53.6 Å². The number of halogens is 5. The summed E-state index contributed by atoms with van der Waals surface area (Å²) in [4.78, 5) is 42.5. The molecular weight excluding hydrogens is 524 g/mol. The third-order valence-corrected chi connectivity index (χ3v) is 7.19. The molecule has 2 aromatic heterocycles. The molecule has 0 aromatic carbocycles. The van der Waals surface area contributed by atoms with Gasteiger partial charge in [-0.15, -0.1) is 0 Å². The van der Waals surface area contributed by atoms with Crippen LogP contribution in [0.5, 0.6) is 0 Å². The molecule has 2 aromatic rings. The highest BCUT2D eigenvalue weighted by Crippen LogP contribution is 2.39. The normalized spacial score (nSPS) is 20.2. The van der Waals surface area contributed by atoms with Crippen LogP contribution in [0.2, 0.25) is 10.0 Å². The summed E-state index contributed by atoms with van der Waals surface area (Å²) in [5.41, 5.74) is -1.90. The number of alkyl halides is 3. The lowest BCUT2D eigenvalue weighted by molar-refractivity contribution is -0.147. The molecule has 0 aliphatic heterocycles. The van der Waals surface area contributed by atoms with Gasteiger partial charge in [-0.2, -0.15) is 18.3 Å². The van der Waals surface area contributed by atoms with Crippen LogP contribution < -0.4 is 0 Å². The maximum atomic E-state index is 14.2. The molecule has 0 saturated heterocycles. The molecule has 2 heterocycles. The monoisotopic (exact) mass is 546 g/mol. The summed E-state index contributed by atoms with van der Waals surface area (Å²) in [6.07, 6.45) is 0.851. The first kappa shape index (κ1) is 26.4. The van der Waals surface area contributed by atoms with Gasteiger partial charge in [-0.25, -0.2) is 0 Å². The Morgan fingerprint density at radius 1 is 1.03 bits per heavy atom. The minimum absolute atomic E-state index is 0.0212. The fourth-order valence-corrected chi connectivity index (χ4v) is 5.15. The van der Waals surface area contributed by atoms with Crippen molar-refractivity contribution in [3.05, 3.63) is 45.5 Å². The SMILES string of the molecule is O=C(CN(CC1CC1)C(=O)c1cnn(C2CCC(C(=O)O)CC2)c1C(F)(F)F)c1c(Cl)cncc1Cl. The standard InChI is InChI=1S/C23H23Cl2F3N4O4/c24-16-8-29-9-17(25)19(16)18(33)11-31(10-12-1-2-12)21(34)15-7-30-32(20(15)23(26,27)28)14-5-3-13(4-6-14)22(35)36/h7-9,12-14H,1-6,10-11H2,(H,35,36). The molecule has 4 rings (SSSR count). The van der Waals surface area contributed by atoms with E-state index in [0.717, 1.165) is 28.6 Å². The number of amides is 1. The summed E-state index contributed by atoms with van der Waals surface area (Å²) < 4.78 is 43.4. The Labute approximate surface area is 214 Å². The van der Waals surface area contributed by atoms with Crippen molar-refractivity contribution in [3.63, 3.8) is 0 Å². The van der Waals surface area contributed by atoms with Gasteiger partial charge in [0.05, 0.1) is 45.9 Å². The van der Waals surface area contributed by atoms with E-state index in [2.05, 4.69) is 10.1 Å². The molecule has 1 amide bonds. The summed E-state index contributed by atoms with van der Waals surface area (Å²) >= 11 is 12.1. The molecule has 194 valence electrons. The third-order valence-electron chi connectivity index (χ3n) is 6.62. The van der Waals surface area contributed by atoms with Crippen molar-refractivity contribution in [1.29, 1.82) is 0 Å². The van der Waals surface area contributed by atoms with Crippen molar-refractivity contribution < 1.29 is 32.7 Å². The Kier molecular flexibility index (Phi) is 7.61. The number of carbonyl (C=O) groups excluding carboxylic acids is 2. The number of aromatic nitrogens is 3. The molecule has 0 unspecified atom stereocenters. The van der Waals surface area contributed by atoms with Crippen LogP contribution in [-0.2, 0) is 11.0 Å². The van der Waals surface area contributed by atoms with Gasteiger partial charge in [0.25, 0.3) is 5.91 Å². The second-order valence-corrected chi connectivity index (χ2v) is 10.0. The van der Waals surface area contributed by atoms with E-state index in [4.69, 9.17) is 23.2 Å². The predicted molar refractivity (Wildman–Crippen MR) is 123 cm³/mol. The quantitative estimate of drug-likeness (QED) is 0.458. The summed E-state index contributed by atoms with van der Waals surface area (Å²) in [6.45, 7) is -0.401. The topological polar surface area (TPSA) is 105 Å². The van der Waals surface area contributed by atoms with Gasteiger partial charge in [0.1, 0.15) is 0 Å². The number of pyridine rings is 1. The first-order chi connectivity index (χ1) is 17.0. The Hall–Kier alpha value is -2.66. The van der Waals surface area contributed by atoms with E-state index in [1.165, 1.54) is 12.4 Å². The second-order valence-electron chi connectivity index (χ2n) is 9.22. The van der Waals surface area contributed by atoms with Gasteiger partial charge in [0, 0.05) is 18.9 Å². The van der Waals surface area contributed by atoms with Crippen LogP contribution in [0, 0.1) is 11.8 Å². The Balaban J connectivity index is 1.63. The Morgan fingerprint density at radius 2 is 1.64 bits per heavy atom. The number of hydrogen-bond acceptors (Lipinski definition) is 5. The van der Waals surface area contributed by atoms with Crippen molar-refractivity contribution in [2.45, 2.75) is 50.7 Å². The van der Waals surface area contributed by atoms with Gasteiger partial charge in [0.15, 0.2) is 11.5 Å². The molecular formula is C23H23Cl2F3N4O4. The van der Waals surface area contributed by atoms with Crippen molar-refractivity contribution >= 4 is 40.9 Å². The van der Waals surface area contributed by atoms with Crippen LogP contribution in [0.25, 0.3) is 0 Å². The van der Waals surface area contributed by atoms with Gasteiger partial charge in [-0.3, -0.25) is 24.0 Å². The number of aliphatic carboxylic acids is 1. The lowest BCUT2D eigenvalue weighted by Crippen LogP contribution is -2.38. The molecule has 0 spiro atoms. The summed E-state index contributed by atoms with van der Waals surface area (Å²) in [7, 11) is 0. The van der Waals surface area contributed by atoms with Gasteiger partial charge in [-0.1, -0.05) is 23.2 Å². The van der Waals surface area contributed by atoms with Crippen molar-refractivity contribution in [1.82, 2.24) is 19.7 Å². The number of Topliss-reactive ketones (excluding diaryl/α,β-unsaturated/α-hetero) is 1. The molecule has 0 bridgehead atoms. The zero-order chi connectivity index (χ0) is 26.2. The Bertz CT molecular complexity index is 1150. The zero-order valence-corrected chi connectivity index (χ0v) is 20.5. The van der Waals surface area contributed by atoms with E-state index in [1.54, 1.807) is 0 Å². The van der Waals surface area contributed by atoms with Crippen LogP contribution in [0.15, 0.2) is 18.6 Å². The molecule has 2 saturated carbocycles. The van der Waals surface area contributed by atoms with E-state index in [-0.39, 0.29) is 53.8 Å². The maximum absolute atomic E-state index is 14.2. The van der Waals surface area contributed by atoms with Crippen molar-refractivity contribution in [3.8, 4) is 0 Å². The van der Waals surface area contributed by atoms with Crippen LogP contribution in [0.4, 0.5) is 13.2 Å². The average molecular weight is 547 g/mol.